The van der Waals surface area contributed by atoms with Crippen LogP contribution in [0.5, 0.6) is 0 Å². The molecule has 208 valence electrons. The second kappa shape index (κ2) is 17.8. The fraction of sp³-hybridized carbons (Fsp3) is 0.414. The van der Waals surface area contributed by atoms with Gasteiger partial charge in [-0.25, -0.2) is 0 Å². The summed E-state index contributed by atoms with van der Waals surface area (Å²) in [5.41, 5.74) is 7.28. The summed E-state index contributed by atoms with van der Waals surface area (Å²) < 4.78 is 37.4. The zero-order valence-corrected chi connectivity index (χ0v) is 23.4. The molecule has 0 unspecified atom stereocenters. The van der Waals surface area contributed by atoms with Gasteiger partial charge in [0, 0.05) is 50.1 Å². The number of carbonyl (C=O) groups is 1. The summed E-state index contributed by atoms with van der Waals surface area (Å²) in [6, 6.07) is 10.2. The lowest BCUT2D eigenvalue weighted by atomic mass is 9.99. The topological polar surface area (TPSA) is 85.7 Å². The van der Waals surface area contributed by atoms with Crippen molar-refractivity contribution in [2.75, 3.05) is 40.8 Å². The van der Waals surface area contributed by atoms with E-state index in [4.69, 9.17) is 11.0 Å². The van der Waals surface area contributed by atoms with Crippen LogP contribution in [0.3, 0.4) is 0 Å². The van der Waals surface area contributed by atoms with E-state index < -0.39 is 11.9 Å². The molecule has 0 saturated heterocycles. The number of hydrogen-bond donors (Lipinski definition) is 1. The Bertz CT molecular complexity index is 1080. The van der Waals surface area contributed by atoms with Crippen molar-refractivity contribution in [3.63, 3.8) is 0 Å². The molecule has 1 amide bonds. The first-order valence-corrected chi connectivity index (χ1v) is 12.3. The maximum Gasteiger partial charge on any atom is 0.431 e. The van der Waals surface area contributed by atoms with E-state index >= 15 is 0 Å². The number of benzene rings is 1. The molecule has 0 aliphatic carbocycles. The smallest absolute Gasteiger partial charge is 0.394 e. The van der Waals surface area contributed by atoms with Crippen LogP contribution in [0.15, 0.2) is 76.0 Å². The first-order chi connectivity index (χ1) is 17.9. The zero-order valence-electron chi connectivity index (χ0n) is 23.4. The summed E-state index contributed by atoms with van der Waals surface area (Å²) in [6.45, 7) is 9.97. The molecule has 6 nitrogen and oxygen atoms in total. The van der Waals surface area contributed by atoms with Crippen LogP contribution in [0, 0.1) is 11.3 Å². The molecular formula is C29H40F3N5O. The molecule has 1 heterocycles. The van der Waals surface area contributed by atoms with Gasteiger partial charge < -0.3 is 15.5 Å². The molecule has 0 fully saturated rings. The number of rotatable bonds is 6. The van der Waals surface area contributed by atoms with E-state index in [-0.39, 0.29) is 11.5 Å². The van der Waals surface area contributed by atoms with Gasteiger partial charge in [0.05, 0.1) is 6.07 Å². The first kappa shape index (κ1) is 34.4. The second-order valence-electron chi connectivity index (χ2n) is 8.50. The van der Waals surface area contributed by atoms with Gasteiger partial charge in [0.25, 0.3) is 0 Å². The number of nitrogens with zero attached hydrogens (tertiary/aromatic N) is 4. The van der Waals surface area contributed by atoms with Gasteiger partial charge in [-0.15, -0.1) is 0 Å². The quantitative estimate of drug-likeness (QED) is 0.287. The van der Waals surface area contributed by atoms with Crippen LogP contribution in [-0.2, 0) is 4.79 Å². The average molecular weight is 532 g/mol. The summed E-state index contributed by atoms with van der Waals surface area (Å²) in [7, 11) is 5.34. The van der Waals surface area contributed by atoms with Gasteiger partial charge in [0.15, 0.2) is 0 Å². The Balaban J connectivity index is 0.000000690. The van der Waals surface area contributed by atoms with Crippen molar-refractivity contribution in [2.45, 2.75) is 40.3 Å². The highest BCUT2D eigenvalue weighted by molar-refractivity contribution is 6.11. The third kappa shape index (κ3) is 12.5. The molecule has 1 aliphatic rings. The van der Waals surface area contributed by atoms with Gasteiger partial charge in [-0.05, 0) is 51.6 Å². The van der Waals surface area contributed by atoms with E-state index in [9.17, 15) is 18.0 Å². The number of hydrogen-bond acceptors (Lipinski definition) is 5. The molecule has 1 aromatic rings. The molecular weight excluding hydrogens is 491 g/mol. The molecule has 0 saturated carbocycles. The number of amides is 1. The number of alkyl halides is 3. The fourth-order valence-electron chi connectivity index (χ4n) is 3.28. The lowest BCUT2D eigenvalue weighted by molar-refractivity contribution is -0.125. The van der Waals surface area contributed by atoms with E-state index in [1.54, 1.807) is 36.4 Å². The second-order valence-corrected chi connectivity index (χ2v) is 8.50. The Labute approximate surface area is 225 Å². The van der Waals surface area contributed by atoms with Crippen molar-refractivity contribution in [1.29, 1.82) is 5.26 Å². The molecule has 1 aliphatic heterocycles. The predicted molar refractivity (Wildman–Crippen MR) is 150 cm³/mol. The van der Waals surface area contributed by atoms with Gasteiger partial charge in [-0.2, -0.15) is 18.4 Å². The van der Waals surface area contributed by atoms with Crippen LogP contribution in [-0.4, -0.2) is 68.9 Å². The van der Waals surface area contributed by atoms with E-state index in [1.807, 2.05) is 63.7 Å². The summed E-state index contributed by atoms with van der Waals surface area (Å²) in [5.74, 6) is 0.0613. The van der Waals surface area contributed by atoms with E-state index in [2.05, 4.69) is 11.1 Å². The summed E-state index contributed by atoms with van der Waals surface area (Å²) >= 11 is 0. The van der Waals surface area contributed by atoms with Crippen molar-refractivity contribution >= 4 is 17.7 Å². The molecule has 0 spiro atoms. The minimum absolute atomic E-state index is 0.0613. The molecule has 2 N–H and O–H groups in total. The molecule has 0 atom stereocenters. The minimum Gasteiger partial charge on any atom is -0.394 e. The number of likely N-dealkylation sites (N-methyl/N-ethyl adjacent to an activating group) is 1. The van der Waals surface area contributed by atoms with Crippen LogP contribution in [0.25, 0.3) is 5.57 Å². The molecule has 9 heteroatoms. The zero-order chi connectivity index (χ0) is 29.3. The maximum atomic E-state index is 12.5. The Kier molecular flexibility index (Phi) is 16.1. The maximum absolute atomic E-state index is 12.5. The van der Waals surface area contributed by atoms with Crippen molar-refractivity contribution in [3.8, 4) is 6.07 Å². The van der Waals surface area contributed by atoms with Crippen molar-refractivity contribution in [1.82, 2.24) is 9.80 Å². The molecule has 2 rings (SSSR count). The SMILES string of the molecule is CC.CC1=C(/C=C(\C)C#N)CCN(C(=O)/C=C/CN(C)C)C1.CN=C/C(=C(\N)C(F)(F)F)c1ccccc1. The Hall–Kier alpha value is -3.64. The third-order valence-corrected chi connectivity index (χ3v) is 5.18. The van der Waals surface area contributed by atoms with Gasteiger partial charge in [-0.1, -0.05) is 55.8 Å². The predicted octanol–water partition coefficient (Wildman–Crippen LogP) is 5.77. The average Bonchev–Trinajstić information content (AvgIpc) is 2.89. The van der Waals surface area contributed by atoms with Gasteiger partial charge in [-0.3, -0.25) is 9.79 Å². The highest BCUT2D eigenvalue weighted by atomic mass is 19.4. The van der Waals surface area contributed by atoms with Gasteiger partial charge >= 0.3 is 6.18 Å². The van der Waals surface area contributed by atoms with E-state index in [1.165, 1.54) is 18.2 Å². The van der Waals surface area contributed by atoms with Crippen molar-refractivity contribution < 1.29 is 18.0 Å². The van der Waals surface area contributed by atoms with Crippen LogP contribution in [0.4, 0.5) is 13.2 Å². The number of allylic oxidation sites excluding steroid dienone is 4. The number of halogens is 3. The number of aliphatic imine (C=N–C) groups is 1. The summed E-state index contributed by atoms with van der Waals surface area (Å²) in [5, 5.41) is 8.82. The van der Waals surface area contributed by atoms with Crippen LogP contribution in [0.1, 0.15) is 39.7 Å². The first-order valence-electron chi connectivity index (χ1n) is 12.3. The third-order valence-electron chi connectivity index (χ3n) is 5.18. The van der Waals surface area contributed by atoms with Gasteiger partial charge in [0.2, 0.25) is 5.91 Å². The fourth-order valence-corrected chi connectivity index (χ4v) is 3.28. The van der Waals surface area contributed by atoms with Crippen LogP contribution < -0.4 is 5.73 Å². The Morgan fingerprint density at radius 3 is 2.32 bits per heavy atom. The number of nitriles is 1. The Morgan fingerprint density at radius 1 is 1.24 bits per heavy atom. The summed E-state index contributed by atoms with van der Waals surface area (Å²) in [6.07, 6.45) is 2.84. The number of nitrogens with two attached hydrogens (primary N) is 1. The minimum atomic E-state index is -4.55. The standard InChI is InChI=1S/C16H23N3O.C11H11F3N2.C2H6/c1-13(11-17)10-15-7-9-19(12-14(15)2)16(20)6-5-8-18(3)4;1-16-7-9(10(15)11(12,13)14)8-5-3-2-4-6-8;1-2/h5-6,10H,7-9,12H2,1-4H3;2-7H,15H2,1H3;1-2H3/b6-5+,13-10+;10-9+,16-7?;. The monoisotopic (exact) mass is 531 g/mol. The molecule has 0 bridgehead atoms. The molecule has 0 aromatic heterocycles. The highest BCUT2D eigenvalue weighted by Crippen LogP contribution is 2.28. The van der Waals surface area contributed by atoms with Crippen LogP contribution in [0.2, 0.25) is 0 Å². The molecule has 0 radical (unpaired) electrons. The van der Waals surface area contributed by atoms with Gasteiger partial charge in [0.1, 0.15) is 5.70 Å². The van der Waals surface area contributed by atoms with E-state index in [0.717, 1.165) is 19.2 Å². The number of carbonyl (C=O) groups excluding carboxylic acids is 1. The Morgan fingerprint density at radius 2 is 1.84 bits per heavy atom. The normalized spacial score (nSPS) is 15.0. The molecule has 38 heavy (non-hydrogen) atoms. The van der Waals surface area contributed by atoms with E-state index in [0.29, 0.717) is 24.2 Å². The van der Waals surface area contributed by atoms with Crippen molar-refractivity contribution in [2.24, 2.45) is 10.7 Å². The largest absolute Gasteiger partial charge is 0.431 e. The summed E-state index contributed by atoms with van der Waals surface area (Å²) in [4.78, 5) is 19.5. The highest BCUT2D eigenvalue weighted by Gasteiger charge is 2.34. The lowest BCUT2D eigenvalue weighted by Gasteiger charge is -2.28. The lowest BCUT2D eigenvalue weighted by Crippen LogP contribution is -2.35. The van der Waals surface area contributed by atoms with Crippen molar-refractivity contribution in [3.05, 3.63) is 76.5 Å². The molecule has 1 aromatic carbocycles. The van der Waals surface area contributed by atoms with Crippen LogP contribution >= 0.6 is 0 Å².